The molecule has 5 heteroatoms. The molecule has 206 valence electrons. The Morgan fingerprint density at radius 2 is 0.841 bits per heavy atom. The molecule has 8 aromatic rings. The summed E-state index contributed by atoms with van der Waals surface area (Å²) >= 11 is 0. The molecule has 0 amide bonds. The first kappa shape index (κ1) is 25.6. The number of hydrogen-bond acceptors (Lipinski definition) is 5. The monoisotopic (exact) mass is 563 g/mol. The van der Waals surface area contributed by atoms with Crippen LogP contribution in [0.15, 0.2) is 152 Å². The van der Waals surface area contributed by atoms with E-state index in [0.717, 1.165) is 39.0 Å². The van der Waals surface area contributed by atoms with E-state index in [0.29, 0.717) is 23.0 Å². The van der Waals surface area contributed by atoms with Gasteiger partial charge in [0.15, 0.2) is 11.6 Å². The van der Waals surface area contributed by atoms with Crippen LogP contribution >= 0.6 is 0 Å². The highest BCUT2D eigenvalue weighted by atomic mass is 15.0. The summed E-state index contributed by atoms with van der Waals surface area (Å²) in [6.07, 6.45) is 3.58. The highest BCUT2D eigenvalue weighted by Gasteiger charge is 2.16. The Hall–Kier alpha value is -6.07. The molecule has 0 fully saturated rings. The molecule has 0 radical (unpaired) electrons. The van der Waals surface area contributed by atoms with Crippen LogP contribution in [0.2, 0.25) is 0 Å². The summed E-state index contributed by atoms with van der Waals surface area (Å²) in [4.78, 5) is 24.3. The van der Waals surface area contributed by atoms with E-state index in [1.807, 2.05) is 72.8 Å². The van der Waals surface area contributed by atoms with Crippen LogP contribution in [0.4, 0.5) is 0 Å². The van der Waals surface area contributed by atoms with E-state index in [-0.39, 0.29) is 0 Å². The summed E-state index contributed by atoms with van der Waals surface area (Å²) in [5, 5.41) is 4.75. The van der Waals surface area contributed by atoms with E-state index in [2.05, 4.69) is 76.7 Å². The predicted octanol–water partition coefficient (Wildman–Crippen LogP) is 9.30. The van der Waals surface area contributed by atoms with Gasteiger partial charge in [-0.1, -0.05) is 109 Å². The lowest BCUT2D eigenvalue weighted by molar-refractivity contribution is 1.11. The van der Waals surface area contributed by atoms with Gasteiger partial charge in [-0.15, -0.1) is 0 Å². The SMILES string of the molecule is c1ccc(-c2ccnc(-c3cc(-c4cc5ccccc5c5ccccc45)cc(-c4nccc(-c5ccccc5)n4)n3)n2)cc1. The van der Waals surface area contributed by atoms with Crippen molar-refractivity contribution in [1.29, 1.82) is 0 Å². The van der Waals surface area contributed by atoms with Crippen LogP contribution in [-0.4, -0.2) is 24.9 Å². The highest BCUT2D eigenvalue weighted by Crippen LogP contribution is 2.37. The lowest BCUT2D eigenvalue weighted by Crippen LogP contribution is -1.99. The average Bonchev–Trinajstić information content (AvgIpc) is 3.12. The third kappa shape index (κ3) is 4.76. The standard InChI is InChI=1S/C39H25N5/c1-3-11-26(12-4-1)34-19-21-40-38(43-34)36-24-29(33-23-28-15-7-8-16-30(28)31-17-9-10-18-32(31)33)25-37(42-36)39-41-22-20-35(44-39)27-13-5-2-6-14-27/h1-25H. The quantitative estimate of drug-likeness (QED) is 0.195. The number of hydrogen-bond donors (Lipinski definition) is 0. The first-order valence-corrected chi connectivity index (χ1v) is 14.5. The van der Waals surface area contributed by atoms with Crippen LogP contribution in [0.25, 0.3) is 78.2 Å². The van der Waals surface area contributed by atoms with Crippen molar-refractivity contribution in [3.05, 3.63) is 152 Å². The van der Waals surface area contributed by atoms with Crippen LogP contribution in [-0.2, 0) is 0 Å². The number of pyridine rings is 1. The Morgan fingerprint density at radius 1 is 0.341 bits per heavy atom. The Labute approximate surface area is 254 Å². The minimum absolute atomic E-state index is 0.541. The fourth-order valence-electron chi connectivity index (χ4n) is 5.71. The number of benzene rings is 5. The van der Waals surface area contributed by atoms with Crippen molar-refractivity contribution < 1.29 is 0 Å². The summed E-state index contributed by atoms with van der Waals surface area (Å²) in [5.74, 6) is 1.08. The fraction of sp³-hybridized carbons (Fsp3) is 0. The molecule has 3 aromatic heterocycles. The average molecular weight is 564 g/mol. The Kier molecular flexibility index (Phi) is 6.39. The predicted molar refractivity (Wildman–Crippen MR) is 178 cm³/mol. The molecule has 0 aliphatic carbocycles. The van der Waals surface area contributed by atoms with Gasteiger partial charge in [0.05, 0.1) is 11.4 Å². The van der Waals surface area contributed by atoms with Crippen LogP contribution in [0.1, 0.15) is 0 Å². The van der Waals surface area contributed by atoms with E-state index in [1.165, 1.54) is 16.2 Å². The zero-order valence-corrected chi connectivity index (χ0v) is 23.7. The topological polar surface area (TPSA) is 64.5 Å². The van der Waals surface area contributed by atoms with Crippen LogP contribution in [0.5, 0.6) is 0 Å². The molecule has 5 aromatic carbocycles. The van der Waals surface area contributed by atoms with E-state index >= 15 is 0 Å². The van der Waals surface area contributed by atoms with Gasteiger partial charge in [-0.3, -0.25) is 0 Å². The number of nitrogens with zero attached hydrogens (tertiary/aromatic N) is 5. The Balaban J connectivity index is 1.36. The van der Waals surface area contributed by atoms with Gasteiger partial charge in [0.2, 0.25) is 0 Å². The summed E-state index contributed by atoms with van der Waals surface area (Å²) in [6, 6.07) is 47.5. The second-order valence-corrected chi connectivity index (χ2v) is 10.6. The van der Waals surface area contributed by atoms with Crippen molar-refractivity contribution in [3.63, 3.8) is 0 Å². The summed E-state index contributed by atoms with van der Waals surface area (Å²) < 4.78 is 0. The molecule has 8 rings (SSSR count). The molecule has 0 spiro atoms. The minimum Gasteiger partial charge on any atom is -0.241 e. The van der Waals surface area contributed by atoms with Crippen molar-refractivity contribution in [2.24, 2.45) is 0 Å². The Morgan fingerprint density at radius 3 is 1.43 bits per heavy atom. The van der Waals surface area contributed by atoms with Crippen molar-refractivity contribution in [3.8, 4) is 56.7 Å². The normalized spacial score (nSPS) is 11.2. The molecule has 0 atom stereocenters. The van der Waals surface area contributed by atoms with Gasteiger partial charge in [-0.05, 0) is 63.0 Å². The molecule has 0 bridgehead atoms. The lowest BCUT2D eigenvalue weighted by Gasteiger charge is -2.14. The van der Waals surface area contributed by atoms with Crippen molar-refractivity contribution in [1.82, 2.24) is 24.9 Å². The fourth-order valence-corrected chi connectivity index (χ4v) is 5.71. The smallest absolute Gasteiger partial charge is 0.178 e. The molecule has 0 aliphatic rings. The highest BCUT2D eigenvalue weighted by molar-refractivity contribution is 6.13. The largest absolute Gasteiger partial charge is 0.241 e. The first-order valence-electron chi connectivity index (χ1n) is 14.5. The molecule has 0 unspecified atom stereocenters. The molecular formula is C39H25N5. The summed E-state index contributed by atoms with van der Waals surface area (Å²) in [7, 11) is 0. The maximum atomic E-state index is 5.06. The zero-order valence-electron chi connectivity index (χ0n) is 23.7. The maximum Gasteiger partial charge on any atom is 0.178 e. The van der Waals surface area contributed by atoms with Crippen molar-refractivity contribution >= 4 is 21.5 Å². The summed E-state index contributed by atoms with van der Waals surface area (Å²) in [5.41, 5.74) is 7.11. The third-order valence-corrected chi connectivity index (χ3v) is 7.81. The molecule has 0 N–H and O–H groups in total. The second-order valence-electron chi connectivity index (χ2n) is 10.6. The van der Waals surface area contributed by atoms with Gasteiger partial charge >= 0.3 is 0 Å². The molecule has 0 saturated heterocycles. The van der Waals surface area contributed by atoms with Gasteiger partial charge in [0.1, 0.15) is 11.4 Å². The second kappa shape index (κ2) is 11.0. The summed E-state index contributed by atoms with van der Waals surface area (Å²) in [6.45, 7) is 0. The van der Waals surface area contributed by atoms with E-state index in [4.69, 9.17) is 15.0 Å². The third-order valence-electron chi connectivity index (χ3n) is 7.81. The molecule has 0 saturated carbocycles. The minimum atomic E-state index is 0.541. The van der Waals surface area contributed by atoms with Crippen LogP contribution < -0.4 is 0 Å². The van der Waals surface area contributed by atoms with Crippen molar-refractivity contribution in [2.75, 3.05) is 0 Å². The molecule has 0 aliphatic heterocycles. The van der Waals surface area contributed by atoms with Gasteiger partial charge in [0.25, 0.3) is 0 Å². The van der Waals surface area contributed by atoms with Crippen molar-refractivity contribution in [2.45, 2.75) is 0 Å². The van der Waals surface area contributed by atoms with Gasteiger partial charge in [-0.25, -0.2) is 24.9 Å². The van der Waals surface area contributed by atoms with Gasteiger partial charge in [0, 0.05) is 23.5 Å². The van der Waals surface area contributed by atoms with Crippen LogP contribution in [0, 0.1) is 0 Å². The van der Waals surface area contributed by atoms with Gasteiger partial charge < -0.3 is 0 Å². The van der Waals surface area contributed by atoms with E-state index < -0.39 is 0 Å². The number of rotatable bonds is 5. The van der Waals surface area contributed by atoms with E-state index in [1.54, 1.807) is 12.4 Å². The molecular weight excluding hydrogens is 538 g/mol. The molecule has 44 heavy (non-hydrogen) atoms. The molecule has 5 nitrogen and oxygen atoms in total. The zero-order chi connectivity index (χ0) is 29.3. The number of aromatic nitrogens is 5. The Bertz CT molecular complexity index is 2180. The molecule has 3 heterocycles. The first-order chi connectivity index (χ1) is 21.8. The van der Waals surface area contributed by atoms with Gasteiger partial charge in [-0.2, -0.15) is 0 Å². The van der Waals surface area contributed by atoms with Crippen LogP contribution in [0.3, 0.4) is 0 Å². The number of fused-ring (bicyclic) bond motifs is 3. The maximum absolute atomic E-state index is 5.06. The van der Waals surface area contributed by atoms with E-state index in [9.17, 15) is 0 Å². The lowest BCUT2D eigenvalue weighted by atomic mass is 9.93.